The van der Waals surface area contributed by atoms with Crippen molar-refractivity contribution in [2.45, 2.75) is 51.9 Å². The van der Waals surface area contributed by atoms with E-state index in [1.54, 1.807) is 4.68 Å². The first-order chi connectivity index (χ1) is 12.6. The van der Waals surface area contributed by atoms with E-state index in [2.05, 4.69) is 27.5 Å². The molecule has 0 spiro atoms. The number of nitrogens with one attached hydrogen (secondary N) is 1. The fraction of sp³-hybridized carbons (Fsp3) is 0.500. The number of aromatic nitrogens is 5. The summed E-state index contributed by atoms with van der Waals surface area (Å²) in [6.45, 7) is 4.05. The summed E-state index contributed by atoms with van der Waals surface area (Å²) in [4.78, 5) is 17.7. The first kappa shape index (κ1) is 17.1. The normalized spacial score (nSPS) is 14.1. The number of carbonyl (C=O) groups excluding carboxylic acids is 1. The highest BCUT2D eigenvalue weighted by Gasteiger charge is 2.28. The van der Waals surface area contributed by atoms with Crippen molar-refractivity contribution in [2.24, 2.45) is 7.05 Å². The number of anilines is 1. The second kappa shape index (κ2) is 6.75. The van der Waals surface area contributed by atoms with Gasteiger partial charge in [-0.15, -0.1) is 10.2 Å². The second-order valence-corrected chi connectivity index (χ2v) is 7.90. The summed E-state index contributed by atoms with van der Waals surface area (Å²) < 4.78 is 1.75. The smallest absolute Gasteiger partial charge is 0.258 e. The van der Waals surface area contributed by atoms with Gasteiger partial charge in [0.05, 0.1) is 16.6 Å². The van der Waals surface area contributed by atoms with Crippen LogP contribution in [0.2, 0.25) is 0 Å². The van der Waals surface area contributed by atoms with Crippen molar-refractivity contribution >= 4 is 33.4 Å². The maximum Gasteiger partial charge on any atom is 0.258 e. The molecule has 1 N–H and O–H groups in total. The monoisotopic (exact) mass is 370 g/mol. The Hall–Kier alpha value is -2.35. The highest BCUT2D eigenvalue weighted by molar-refractivity contribution is 7.15. The van der Waals surface area contributed by atoms with Crippen LogP contribution in [0.4, 0.5) is 5.13 Å². The zero-order valence-electron chi connectivity index (χ0n) is 15.2. The van der Waals surface area contributed by atoms with Gasteiger partial charge in [0.15, 0.2) is 5.65 Å². The first-order valence-electron chi connectivity index (χ1n) is 9.04. The maximum atomic E-state index is 13.0. The molecule has 1 aliphatic carbocycles. The topological polar surface area (TPSA) is 85.6 Å². The molecule has 4 rings (SSSR count). The zero-order chi connectivity index (χ0) is 18.3. The summed E-state index contributed by atoms with van der Waals surface area (Å²) in [5, 5.41) is 17.9. The van der Waals surface area contributed by atoms with E-state index in [-0.39, 0.29) is 5.91 Å². The molecule has 0 bridgehead atoms. The summed E-state index contributed by atoms with van der Waals surface area (Å²) in [5.41, 5.74) is 3.17. The van der Waals surface area contributed by atoms with Gasteiger partial charge >= 0.3 is 0 Å². The van der Waals surface area contributed by atoms with Crippen LogP contribution < -0.4 is 5.32 Å². The SMILES string of the molecule is CCCCc1nnc(NC(=O)c2cc(C3CC3)nc3c2c(C)nn3C)s1. The molecule has 1 saturated carbocycles. The van der Waals surface area contributed by atoms with Crippen LogP contribution >= 0.6 is 11.3 Å². The number of unbranched alkanes of at least 4 members (excludes halogenated alkanes) is 1. The van der Waals surface area contributed by atoms with Gasteiger partial charge in [-0.1, -0.05) is 24.7 Å². The fourth-order valence-electron chi connectivity index (χ4n) is 3.13. The van der Waals surface area contributed by atoms with Crippen LogP contribution in [0.1, 0.15) is 65.3 Å². The Kier molecular flexibility index (Phi) is 4.44. The molecular formula is C18H22N6OS. The van der Waals surface area contributed by atoms with Gasteiger partial charge < -0.3 is 0 Å². The second-order valence-electron chi connectivity index (χ2n) is 6.84. The molecule has 3 heterocycles. The molecule has 0 atom stereocenters. The Balaban J connectivity index is 1.66. The molecule has 0 unspecified atom stereocenters. The summed E-state index contributed by atoms with van der Waals surface area (Å²) in [6.07, 6.45) is 5.35. The average molecular weight is 370 g/mol. The number of nitrogens with zero attached hydrogens (tertiary/aromatic N) is 5. The Morgan fingerprint density at radius 2 is 2.19 bits per heavy atom. The van der Waals surface area contributed by atoms with E-state index < -0.39 is 0 Å². The summed E-state index contributed by atoms with van der Waals surface area (Å²) in [7, 11) is 1.87. The van der Waals surface area contributed by atoms with Crippen molar-refractivity contribution in [3.05, 3.63) is 28.0 Å². The number of rotatable bonds is 6. The van der Waals surface area contributed by atoms with E-state index in [4.69, 9.17) is 4.98 Å². The Morgan fingerprint density at radius 3 is 2.92 bits per heavy atom. The third-order valence-corrected chi connectivity index (χ3v) is 5.56. The highest BCUT2D eigenvalue weighted by Crippen LogP contribution is 2.40. The lowest BCUT2D eigenvalue weighted by molar-refractivity contribution is 0.102. The van der Waals surface area contributed by atoms with Crippen molar-refractivity contribution in [2.75, 3.05) is 5.32 Å². The van der Waals surface area contributed by atoms with Gasteiger partial charge in [0, 0.05) is 25.1 Å². The van der Waals surface area contributed by atoms with E-state index in [0.29, 0.717) is 16.6 Å². The molecule has 1 aliphatic rings. The summed E-state index contributed by atoms with van der Waals surface area (Å²) in [6, 6.07) is 1.92. The Labute approximate surface area is 155 Å². The van der Waals surface area contributed by atoms with Crippen molar-refractivity contribution in [3.63, 3.8) is 0 Å². The lowest BCUT2D eigenvalue weighted by atomic mass is 10.1. The van der Waals surface area contributed by atoms with Crippen LogP contribution in [0.25, 0.3) is 11.0 Å². The predicted molar refractivity (Wildman–Crippen MR) is 102 cm³/mol. The van der Waals surface area contributed by atoms with E-state index in [0.717, 1.165) is 59.5 Å². The number of aryl methyl sites for hydroxylation is 3. The molecule has 1 fully saturated rings. The average Bonchev–Trinajstić information content (AvgIpc) is 3.32. The molecule has 26 heavy (non-hydrogen) atoms. The minimum Gasteiger partial charge on any atom is -0.296 e. The molecule has 0 saturated heterocycles. The number of amides is 1. The number of pyridine rings is 1. The molecule has 0 radical (unpaired) electrons. The minimum atomic E-state index is -0.173. The number of hydrogen-bond acceptors (Lipinski definition) is 6. The third kappa shape index (κ3) is 3.21. The van der Waals surface area contributed by atoms with Crippen LogP contribution in [0, 0.1) is 6.92 Å². The molecule has 136 valence electrons. The summed E-state index contributed by atoms with van der Waals surface area (Å²) in [5.74, 6) is 0.289. The number of hydrogen-bond donors (Lipinski definition) is 1. The minimum absolute atomic E-state index is 0.173. The largest absolute Gasteiger partial charge is 0.296 e. The van der Waals surface area contributed by atoms with E-state index >= 15 is 0 Å². The lowest BCUT2D eigenvalue weighted by Gasteiger charge is -2.07. The quantitative estimate of drug-likeness (QED) is 0.716. The van der Waals surface area contributed by atoms with Crippen molar-refractivity contribution < 1.29 is 4.79 Å². The van der Waals surface area contributed by atoms with E-state index in [1.807, 2.05) is 20.0 Å². The van der Waals surface area contributed by atoms with Gasteiger partial charge in [-0.25, -0.2) is 4.98 Å². The highest BCUT2D eigenvalue weighted by atomic mass is 32.1. The fourth-order valence-corrected chi connectivity index (χ4v) is 3.91. The van der Waals surface area contributed by atoms with Gasteiger partial charge in [0.2, 0.25) is 5.13 Å². The first-order valence-corrected chi connectivity index (χ1v) is 9.86. The van der Waals surface area contributed by atoms with E-state index in [1.165, 1.54) is 11.3 Å². The van der Waals surface area contributed by atoms with Crippen LogP contribution in [-0.2, 0) is 13.5 Å². The molecule has 0 aliphatic heterocycles. The van der Waals surface area contributed by atoms with Crippen LogP contribution in [0.5, 0.6) is 0 Å². The Bertz CT molecular complexity index is 972. The number of carbonyl (C=O) groups is 1. The maximum absolute atomic E-state index is 13.0. The molecule has 1 amide bonds. The predicted octanol–water partition coefficient (Wildman–Crippen LogP) is 3.60. The van der Waals surface area contributed by atoms with Gasteiger partial charge in [-0.2, -0.15) is 5.10 Å². The van der Waals surface area contributed by atoms with Gasteiger partial charge in [0.25, 0.3) is 5.91 Å². The van der Waals surface area contributed by atoms with Crippen molar-refractivity contribution in [1.82, 2.24) is 25.0 Å². The van der Waals surface area contributed by atoms with Gasteiger partial charge in [-0.05, 0) is 32.3 Å². The summed E-state index contributed by atoms with van der Waals surface area (Å²) >= 11 is 1.44. The van der Waals surface area contributed by atoms with Gasteiger partial charge in [0.1, 0.15) is 5.01 Å². The lowest BCUT2D eigenvalue weighted by Crippen LogP contribution is -2.13. The molecule has 0 aromatic carbocycles. The molecule has 7 nitrogen and oxygen atoms in total. The molecule has 3 aromatic heterocycles. The van der Waals surface area contributed by atoms with Crippen molar-refractivity contribution in [3.8, 4) is 0 Å². The number of fused-ring (bicyclic) bond motifs is 1. The Morgan fingerprint density at radius 1 is 1.38 bits per heavy atom. The van der Waals surface area contributed by atoms with Gasteiger partial charge in [-0.3, -0.25) is 14.8 Å². The zero-order valence-corrected chi connectivity index (χ0v) is 16.1. The van der Waals surface area contributed by atoms with Crippen LogP contribution in [0.3, 0.4) is 0 Å². The molecular weight excluding hydrogens is 348 g/mol. The third-order valence-electron chi connectivity index (χ3n) is 4.66. The van der Waals surface area contributed by atoms with E-state index in [9.17, 15) is 4.79 Å². The van der Waals surface area contributed by atoms with Crippen LogP contribution in [-0.4, -0.2) is 30.9 Å². The van der Waals surface area contributed by atoms with Crippen LogP contribution in [0.15, 0.2) is 6.07 Å². The van der Waals surface area contributed by atoms with Crippen molar-refractivity contribution in [1.29, 1.82) is 0 Å². The molecule has 3 aromatic rings. The standard InChI is InChI=1S/C18H22N6OS/c1-4-5-6-14-21-22-18(26-14)20-17(25)12-9-13(11-7-8-11)19-16-15(12)10(2)23-24(16)3/h9,11H,4-8H2,1-3H3,(H,20,22,25). The molecule has 8 heteroatoms.